The van der Waals surface area contributed by atoms with E-state index < -0.39 is 0 Å². The summed E-state index contributed by atoms with van der Waals surface area (Å²) in [5.41, 5.74) is 3.25. The topological polar surface area (TPSA) is 36.1 Å². The zero-order valence-corrected chi connectivity index (χ0v) is 16.9. The SMILES string of the molecule is Cc1cccc(NC(=S)C(=C(O)c2ccccc2)[n+]2ccc3ccccc3c2)c1. The van der Waals surface area contributed by atoms with Gasteiger partial charge in [0.2, 0.25) is 0 Å². The van der Waals surface area contributed by atoms with Crippen LogP contribution in [0, 0.1) is 6.92 Å². The molecule has 1 heterocycles. The van der Waals surface area contributed by atoms with Crippen LogP contribution in [0.4, 0.5) is 5.69 Å². The molecular formula is C25H21N2OS+. The first-order valence-corrected chi connectivity index (χ1v) is 9.80. The predicted octanol–water partition coefficient (Wildman–Crippen LogP) is 5.76. The molecule has 0 aliphatic carbocycles. The lowest BCUT2D eigenvalue weighted by molar-refractivity contribution is -0.574. The number of nitrogens with zero attached hydrogens (tertiary/aromatic N) is 1. The van der Waals surface area contributed by atoms with Gasteiger partial charge in [-0.3, -0.25) is 0 Å². The Balaban J connectivity index is 1.83. The van der Waals surface area contributed by atoms with Crippen LogP contribution < -0.4 is 9.88 Å². The molecule has 0 bridgehead atoms. The van der Waals surface area contributed by atoms with Crippen LogP contribution in [0.5, 0.6) is 0 Å². The minimum atomic E-state index is 0.121. The van der Waals surface area contributed by atoms with Gasteiger partial charge in [-0.15, -0.1) is 0 Å². The van der Waals surface area contributed by atoms with E-state index in [0.717, 1.165) is 22.0 Å². The summed E-state index contributed by atoms with van der Waals surface area (Å²) < 4.78 is 1.87. The van der Waals surface area contributed by atoms with Crippen molar-refractivity contribution in [2.45, 2.75) is 6.92 Å². The highest BCUT2D eigenvalue weighted by Crippen LogP contribution is 2.20. The molecule has 0 aliphatic heterocycles. The molecule has 1 aromatic heterocycles. The first-order valence-electron chi connectivity index (χ1n) is 9.39. The van der Waals surface area contributed by atoms with Crippen molar-refractivity contribution in [2.75, 3.05) is 5.32 Å². The lowest BCUT2D eigenvalue weighted by Crippen LogP contribution is -2.38. The number of anilines is 1. The van der Waals surface area contributed by atoms with Gasteiger partial charge in [0.15, 0.2) is 23.1 Å². The zero-order valence-electron chi connectivity index (χ0n) is 16.0. The number of aliphatic hydroxyl groups excluding tert-OH is 1. The normalized spacial score (nSPS) is 11.8. The molecule has 0 atom stereocenters. The van der Waals surface area contributed by atoms with E-state index >= 15 is 0 Å². The number of benzene rings is 3. The number of aromatic nitrogens is 1. The summed E-state index contributed by atoms with van der Waals surface area (Å²) in [6, 6.07) is 27.6. The second-order valence-corrected chi connectivity index (χ2v) is 7.28. The molecular weight excluding hydrogens is 376 g/mol. The molecule has 2 N–H and O–H groups in total. The number of hydrogen-bond acceptors (Lipinski definition) is 2. The van der Waals surface area contributed by atoms with Crippen molar-refractivity contribution in [1.82, 2.24) is 0 Å². The van der Waals surface area contributed by atoms with Gasteiger partial charge in [0.1, 0.15) is 0 Å². The van der Waals surface area contributed by atoms with Gasteiger partial charge in [-0.2, -0.15) is 4.57 Å². The van der Waals surface area contributed by atoms with E-state index in [1.807, 2.05) is 103 Å². The first-order chi connectivity index (χ1) is 14.1. The molecule has 0 aliphatic rings. The van der Waals surface area contributed by atoms with Crippen LogP contribution in [-0.2, 0) is 0 Å². The summed E-state index contributed by atoms with van der Waals surface area (Å²) in [7, 11) is 0. The smallest absolute Gasteiger partial charge is 0.288 e. The highest BCUT2D eigenvalue weighted by atomic mass is 32.1. The van der Waals surface area contributed by atoms with Crippen molar-refractivity contribution in [1.29, 1.82) is 0 Å². The van der Waals surface area contributed by atoms with Crippen LogP contribution in [0.2, 0.25) is 0 Å². The Morgan fingerprint density at radius 2 is 1.59 bits per heavy atom. The molecule has 0 saturated carbocycles. The fourth-order valence-electron chi connectivity index (χ4n) is 3.27. The third-order valence-corrected chi connectivity index (χ3v) is 5.01. The Labute approximate surface area is 175 Å². The first kappa shape index (κ1) is 18.8. The minimum Gasteiger partial charge on any atom is -0.502 e. The predicted molar refractivity (Wildman–Crippen MR) is 124 cm³/mol. The van der Waals surface area contributed by atoms with E-state index in [-0.39, 0.29) is 5.76 Å². The lowest BCUT2D eigenvalue weighted by Gasteiger charge is -2.11. The number of aliphatic hydroxyl groups is 1. The molecule has 0 saturated heterocycles. The average molecular weight is 398 g/mol. The summed E-state index contributed by atoms with van der Waals surface area (Å²) in [5.74, 6) is 0.121. The van der Waals surface area contributed by atoms with Gasteiger partial charge in [0.05, 0.1) is 0 Å². The number of pyridine rings is 1. The standard InChI is InChI=1S/C25H20N2OS/c1-18-8-7-13-22(16-18)26-25(29)23(24(28)20-10-3-2-4-11-20)27-15-14-19-9-5-6-12-21(19)17-27/h2-17H,1H3,(H-,26,28,29)/p+1. The maximum atomic E-state index is 11.1. The molecule has 29 heavy (non-hydrogen) atoms. The van der Waals surface area contributed by atoms with Gasteiger partial charge in [-0.05, 0) is 36.1 Å². The van der Waals surface area contributed by atoms with E-state index in [1.165, 1.54) is 0 Å². The maximum absolute atomic E-state index is 11.1. The number of thiocarbonyl (C=S) groups is 1. The van der Waals surface area contributed by atoms with Crippen molar-refractivity contribution in [2.24, 2.45) is 0 Å². The van der Waals surface area contributed by atoms with Crippen molar-refractivity contribution >= 4 is 45.1 Å². The minimum absolute atomic E-state index is 0.121. The maximum Gasteiger partial charge on any atom is 0.288 e. The summed E-state index contributed by atoms with van der Waals surface area (Å²) in [4.78, 5) is 0.442. The van der Waals surface area contributed by atoms with E-state index in [4.69, 9.17) is 12.2 Å². The molecule has 4 rings (SSSR count). The highest BCUT2D eigenvalue weighted by molar-refractivity contribution is 7.81. The summed E-state index contributed by atoms with van der Waals surface area (Å²) >= 11 is 5.73. The van der Waals surface area contributed by atoms with Gasteiger partial charge in [-0.25, -0.2) is 0 Å². The van der Waals surface area contributed by atoms with Crippen molar-refractivity contribution < 1.29 is 9.67 Å². The quantitative estimate of drug-likeness (QED) is 0.199. The molecule has 3 aromatic carbocycles. The molecule has 4 heteroatoms. The monoisotopic (exact) mass is 397 g/mol. The van der Waals surface area contributed by atoms with Gasteiger partial charge >= 0.3 is 0 Å². The Morgan fingerprint density at radius 3 is 2.34 bits per heavy atom. The van der Waals surface area contributed by atoms with Crippen LogP contribution in [0.25, 0.3) is 22.2 Å². The third kappa shape index (κ3) is 4.18. The largest absolute Gasteiger partial charge is 0.502 e. The van der Waals surface area contributed by atoms with E-state index in [1.54, 1.807) is 0 Å². The van der Waals surface area contributed by atoms with E-state index in [0.29, 0.717) is 16.2 Å². The average Bonchev–Trinajstić information content (AvgIpc) is 2.74. The van der Waals surface area contributed by atoms with Gasteiger partial charge in [0, 0.05) is 22.7 Å². The number of hydrogen-bond donors (Lipinski definition) is 2. The van der Waals surface area contributed by atoms with Crippen molar-refractivity contribution in [3.63, 3.8) is 0 Å². The molecule has 0 spiro atoms. The van der Waals surface area contributed by atoms with Gasteiger partial charge in [0.25, 0.3) is 5.70 Å². The van der Waals surface area contributed by atoms with Crippen molar-refractivity contribution in [3.05, 3.63) is 108 Å². The number of nitrogens with one attached hydrogen (secondary N) is 1. The fourth-order valence-corrected chi connectivity index (χ4v) is 3.59. The summed E-state index contributed by atoms with van der Waals surface area (Å²) in [6.45, 7) is 2.03. The fraction of sp³-hybridized carbons (Fsp3) is 0.0400. The Bertz CT molecular complexity index is 1220. The van der Waals surface area contributed by atoms with E-state index in [2.05, 4.69) is 11.4 Å². The highest BCUT2D eigenvalue weighted by Gasteiger charge is 2.24. The zero-order chi connectivity index (χ0) is 20.2. The number of rotatable bonds is 4. The molecule has 0 fully saturated rings. The lowest BCUT2D eigenvalue weighted by atomic mass is 10.1. The Kier molecular flexibility index (Phi) is 5.36. The van der Waals surface area contributed by atoms with Crippen LogP contribution in [0.1, 0.15) is 11.1 Å². The van der Waals surface area contributed by atoms with Crippen LogP contribution in [0.15, 0.2) is 97.3 Å². The van der Waals surface area contributed by atoms with Crippen LogP contribution in [-0.4, -0.2) is 10.1 Å². The van der Waals surface area contributed by atoms with Gasteiger partial charge in [-0.1, -0.05) is 72.9 Å². The van der Waals surface area contributed by atoms with Crippen LogP contribution >= 0.6 is 12.2 Å². The summed E-state index contributed by atoms with van der Waals surface area (Å²) in [5, 5.41) is 16.6. The second-order valence-electron chi connectivity index (χ2n) is 6.87. The number of fused-ring (bicyclic) bond motifs is 1. The molecule has 0 amide bonds. The molecule has 0 unspecified atom stereocenters. The second kappa shape index (κ2) is 8.25. The van der Waals surface area contributed by atoms with Crippen molar-refractivity contribution in [3.8, 4) is 0 Å². The Morgan fingerprint density at radius 1 is 0.862 bits per heavy atom. The Hall–Kier alpha value is -3.50. The number of aryl methyl sites for hydroxylation is 1. The third-order valence-electron chi connectivity index (χ3n) is 4.71. The summed E-state index contributed by atoms with van der Waals surface area (Å²) in [6.07, 6.45) is 3.90. The molecule has 4 aromatic rings. The van der Waals surface area contributed by atoms with E-state index in [9.17, 15) is 5.11 Å². The molecule has 0 radical (unpaired) electrons. The van der Waals surface area contributed by atoms with Gasteiger partial charge < -0.3 is 10.4 Å². The molecule has 3 nitrogen and oxygen atoms in total. The molecule has 142 valence electrons. The van der Waals surface area contributed by atoms with Crippen LogP contribution in [0.3, 0.4) is 0 Å².